The molecule has 1 aromatic rings. The topological polar surface area (TPSA) is 78.2 Å². The van der Waals surface area contributed by atoms with E-state index >= 15 is 0 Å². The van der Waals surface area contributed by atoms with Crippen LogP contribution in [-0.4, -0.2) is 17.4 Å². The molecule has 0 bridgehead atoms. The third kappa shape index (κ3) is 1.80. The summed E-state index contributed by atoms with van der Waals surface area (Å²) in [6, 6.07) is 4.44. The zero-order chi connectivity index (χ0) is 10.7. The number of benzene rings is 1. The molecule has 0 fully saturated rings. The minimum absolute atomic E-state index is 0.0107. The van der Waals surface area contributed by atoms with E-state index in [4.69, 9.17) is 10.4 Å². The normalized spacial score (nSPS) is 9.14. The van der Waals surface area contributed by atoms with E-state index in [0.29, 0.717) is 10.8 Å². The lowest BCUT2D eigenvalue weighted by molar-refractivity contribution is 0.0693. The monoisotopic (exact) mass is 253 g/mol. The van der Waals surface area contributed by atoms with E-state index in [2.05, 4.69) is 15.9 Å². The molecule has 1 aromatic carbocycles. The number of nitriles is 1. The highest BCUT2D eigenvalue weighted by Crippen LogP contribution is 2.20. The highest BCUT2D eigenvalue weighted by molar-refractivity contribution is 9.10. The van der Waals surface area contributed by atoms with Crippen LogP contribution in [-0.2, 0) is 0 Å². The van der Waals surface area contributed by atoms with Crippen LogP contribution in [0.25, 0.3) is 0 Å². The molecule has 0 amide bonds. The van der Waals surface area contributed by atoms with Gasteiger partial charge in [0.2, 0.25) is 0 Å². The lowest BCUT2D eigenvalue weighted by Crippen LogP contribution is -2.05. The van der Waals surface area contributed by atoms with Gasteiger partial charge in [-0.25, -0.2) is 4.79 Å². The minimum atomic E-state index is -1.28. The van der Waals surface area contributed by atoms with Gasteiger partial charge in [-0.1, -0.05) is 15.9 Å². The van der Waals surface area contributed by atoms with Crippen molar-refractivity contribution in [2.24, 2.45) is 0 Å². The van der Waals surface area contributed by atoms with Crippen molar-refractivity contribution in [3.8, 4) is 6.07 Å². The molecule has 0 aliphatic heterocycles. The van der Waals surface area contributed by atoms with E-state index in [1.165, 1.54) is 12.1 Å². The quantitative estimate of drug-likeness (QED) is 0.816. The first-order chi connectivity index (χ1) is 6.60. The van der Waals surface area contributed by atoms with Crippen molar-refractivity contribution in [1.82, 2.24) is 0 Å². The third-order valence-electron chi connectivity index (χ3n) is 1.59. The van der Waals surface area contributed by atoms with Crippen LogP contribution in [0.15, 0.2) is 16.6 Å². The summed E-state index contributed by atoms with van der Waals surface area (Å²) >= 11 is 3.07. The van der Waals surface area contributed by atoms with E-state index in [-0.39, 0.29) is 16.7 Å². The van der Waals surface area contributed by atoms with Crippen LogP contribution in [0.3, 0.4) is 0 Å². The fourth-order valence-electron chi connectivity index (χ4n) is 1.05. The van der Waals surface area contributed by atoms with Gasteiger partial charge in [0, 0.05) is 10.0 Å². The molecule has 0 unspecified atom stereocenters. The number of carbonyl (C=O) groups is 2. The van der Waals surface area contributed by atoms with Crippen molar-refractivity contribution < 1.29 is 14.7 Å². The van der Waals surface area contributed by atoms with Gasteiger partial charge < -0.3 is 5.11 Å². The molecule has 70 valence electrons. The Morgan fingerprint density at radius 1 is 1.57 bits per heavy atom. The summed E-state index contributed by atoms with van der Waals surface area (Å²) in [5.74, 6) is -1.28. The molecule has 1 rings (SSSR count). The number of carbonyl (C=O) groups excluding carboxylic acids is 1. The molecule has 4 nitrogen and oxygen atoms in total. The number of aromatic carboxylic acids is 1. The van der Waals surface area contributed by atoms with Crippen LogP contribution in [0.2, 0.25) is 0 Å². The molecule has 1 N–H and O–H groups in total. The van der Waals surface area contributed by atoms with Gasteiger partial charge in [-0.15, -0.1) is 0 Å². The van der Waals surface area contributed by atoms with Gasteiger partial charge in [-0.05, 0) is 12.1 Å². The van der Waals surface area contributed by atoms with E-state index in [0.717, 1.165) is 0 Å². The standard InChI is InChI=1S/C9H4BrNO3/c10-7-1-5(3-11)8(9(13)14)6(2-7)4-12/h1-2,4H,(H,13,14). The molecule has 14 heavy (non-hydrogen) atoms. The first kappa shape index (κ1) is 10.4. The molecule has 0 heterocycles. The van der Waals surface area contributed by atoms with Crippen LogP contribution >= 0.6 is 15.9 Å². The first-order valence-electron chi connectivity index (χ1n) is 3.52. The van der Waals surface area contributed by atoms with Crippen molar-refractivity contribution in [3.63, 3.8) is 0 Å². The molecule has 0 aliphatic carbocycles. The molecule has 0 aromatic heterocycles. The number of carboxylic acid groups (broad SMARTS) is 1. The number of rotatable bonds is 2. The van der Waals surface area contributed by atoms with Crippen molar-refractivity contribution >= 4 is 28.2 Å². The van der Waals surface area contributed by atoms with Crippen molar-refractivity contribution in [1.29, 1.82) is 5.26 Å². The Morgan fingerprint density at radius 2 is 2.21 bits per heavy atom. The predicted molar refractivity (Wildman–Crippen MR) is 51.2 cm³/mol. The second-order valence-corrected chi connectivity index (χ2v) is 3.37. The largest absolute Gasteiger partial charge is 0.478 e. The van der Waals surface area contributed by atoms with E-state index in [1.807, 2.05) is 0 Å². The predicted octanol–water partition coefficient (Wildman–Crippen LogP) is 1.83. The van der Waals surface area contributed by atoms with E-state index in [1.54, 1.807) is 6.07 Å². The molecular formula is C9H4BrNO3. The second-order valence-electron chi connectivity index (χ2n) is 2.45. The molecule has 0 aliphatic rings. The SMILES string of the molecule is N#Cc1cc(Br)cc(C=O)c1C(=O)O. The molecular weight excluding hydrogens is 250 g/mol. The highest BCUT2D eigenvalue weighted by atomic mass is 79.9. The Bertz CT molecular complexity index is 448. The van der Waals surface area contributed by atoms with Gasteiger partial charge in [0.05, 0.1) is 11.1 Å². The minimum Gasteiger partial charge on any atom is -0.478 e. The summed E-state index contributed by atoms with van der Waals surface area (Å²) in [7, 11) is 0. The van der Waals surface area contributed by atoms with E-state index in [9.17, 15) is 9.59 Å². The lowest BCUT2D eigenvalue weighted by atomic mass is 10.0. The maximum atomic E-state index is 10.7. The third-order valence-corrected chi connectivity index (χ3v) is 2.05. The average Bonchev–Trinajstić information content (AvgIpc) is 2.15. The van der Waals surface area contributed by atoms with Crippen molar-refractivity contribution in [2.45, 2.75) is 0 Å². The second kappa shape index (κ2) is 4.03. The zero-order valence-electron chi connectivity index (χ0n) is 6.82. The fourth-order valence-corrected chi connectivity index (χ4v) is 1.52. The number of hydrogen-bond donors (Lipinski definition) is 1. The Hall–Kier alpha value is -1.67. The van der Waals surface area contributed by atoms with Gasteiger partial charge in [-0.3, -0.25) is 4.79 Å². The molecule has 0 saturated heterocycles. The van der Waals surface area contributed by atoms with Gasteiger partial charge in [0.15, 0.2) is 6.29 Å². The van der Waals surface area contributed by atoms with Crippen LogP contribution in [0.4, 0.5) is 0 Å². The van der Waals surface area contributed by atoms with E-state index < -0.39 is 5.97 Å². The lowest BCUT2D eigenvalue weighted by Gasteiger charge is -2.02. The summed E-state index contributed by atoms with van der Waals surface area (Å²) in [5, 5.41) is 17.4. The molecule has 0 atom stereocenters. The summed E-state index contributed by atoms with van der Waals surface area (Å²) in [6.45, 7) is 0. The first-order valence-corrected chi connectivity index (χ1v) is 4.31. The van der Waals surface area contributed by atoms with Gasteiger partial charge in [0.25, 0.3) is 0 Å². The Kier molecular flexibility index (Phi) is 2.99. The van der Waals surface area contributed by atoms with Crippen LogP contribution in [0.5, 0.6) is 0 Å². The summed E-state index contributed by atoms with van der Waals surface area (Å²) in [4.78, 5) is 21.3. The summed E-state index contributed by atoms with van der Waals surface area (Å²) < 4.78 is 0.501. The zero-order valence-corrected chi connectivity index (χ0v) is 8.41. The number of aldehydes is 1. The molecule has 0 spiro atoms. The van der Waals surface area contributed by atoms with Crippen LogP contribution in [0, 0.1) is 11.3 Å². The Morgan fingerprint density at radius 3 is 2.64 bits per heavy atom. The number of carboxylic acids is 1. The van der Waals surface area contributed by atoms with Gasteiger partial charge in [0.1, 0.15) is 6.07 Å². The smallest absolute Gasteiger partial charge is 0.337 e. The van der Waals surface area contributed by atoms with Crippen LogP contribution < -0.4 is 0 Å². The Balaban J connectivity index is 3.58. The maximum absolute atomic E-state index is 10.7. The van der Waals surface area contributed by atoms with Gasteiger partial charge in [-0.2, -0.15) is 5.26 Å². The average molecular weight is 254 g/mol. The maximum Gasteiger partial charge on any atom is 0.337 e. The molecule has 5 heteroatoms. The number of hydrogen-bond acceptors (Lipinski definition) is 3. The number of halogens is 1. The van der Waals surface area contributed by atoms with Crippen molar-refractivity contribution in [3.05, 3.63) is 33.3 Å². The van der Waals surface area contributed by atoms with Crippen LogP contribution in [0.1, 0.15) is 26.3 Å². The van der Waals surface area contributed by atoms with Gasteiger partial charge >= 0.3 is 5.97 Å². The Labute approximate surface area is 87.9 Å². The molecule has 0 radical (unpaired) electrons. The van der Waals surface area contributed by atoms with Crippen molar-refractivity contribution in [2.75, 3.05) is 0 Å². The molecule has 0 saturated carbocycles. The highest BCUT2D eigenvalue weighted by Gasteiger charge is 2.15. The summed E-state index contributed by atoms with van der Waals surface area (Å²) in [6.07, 6.45) is 0.412. The fraction of sp³-hybridized carbons (Fsp3) is 0. The number of nitrogens with zero attached hydrogens (tertiary/aromatic N) is 1. The summed E-state index contributed by atoms with van der Waals surface area (Å²) in [5.41, 5.74) is -0.303.